The van der Waals surface area contributed by atoms with Crippen molar-refractivity contribution in [1.29, 1.82) is 0 Å². The summed E-state index contributed by atoms with van der Waals surface area (Å²) in [6, 6.07) is 12.9. The van der Waals surface area contributed by atoms with Gasteiger partial charge in [-0.1, -0.05) is 47.7 Å². The molecule has 0 aliphatic heterocycles. The molecule has 158 valence electrons. The van der Waals surface area contributed by atoms with Gasteiger partial charge in [-0.3, -0.25) is 10.1 Å². The standard InChI is InChI=1S/C23H21N3O4S/c1-2-30-21(28)19-18(16-8-4-3-5-9-16)24-22(31-19)25-20(27)17-10-12-23(29,13-11-17)26-14-6-7-15-26/h3-12,14-15,29H,2,13H2,1H3,(H,24,25,27). The van der Waals surface area contributed by atoms with Gasteiger partial charge in [-0.15, -0.1) is 0 Å². The van der Waals surface area contributed by atoms with Crippen molar-refractivity contribution in [2.24, 2.45) is 0 Å². The van der Waals surface area contributed by atoms with Crippen LogP contribution in [0.1, 0.15) is 23.0 Å². The van der Waals surface area contributed by atoms with Gasteiger partial charge in [0.2, 0.25) is 0 Å². The summed E-state index contributed by atoms with van der Waals surface area (Å²) in [5.74, 6) is -0.845. The molecule has 3 aromatic rings. The van der Waals surface area contributed by atoms with Gasteiger partial charge in [0.05, 0.1) is 12.3 Å². The van der Waals surface area contributed by atoms with E-state index >= 15 is 0 Å². The summed E-state index contributed by atoms with van der Waals surface area (Å²) in [5, 5.41) is 13.8. The molecule has 1 atom stereocenters. The van der Waals surface area contributed by atoms with Crippen molar-refractivity contribution in [2.45, 2.75) is 19.1 Å². The van der Waals surface area contributed by atoms with Gasteiger partial charge in [0.15, 0.2) is 10.9 Å². The maximum Gasteiger partial charge on any atom is 0.350 e. The van der Waals surface area contributed by atoms with Crippen molar-refractivity contribution < 1.29 is 19.4 Å². The molecule has 2 heterocycles. The number of hydrogen-bond acceptors (Lipinski definition) is 6. The first-order valence-corrected chi connectivity index (χ1v) is 10.6. The molecule has 1 amide bonds. The molecule has 31 heavy (non-hydrogen) atoms. The summed E-state index contributed by atoms with van der Waals surface area (Å²) in [6.07, 6.45) is 8.62. The van der Waals surface area contributed by atoms with Crippen LogP contribution in [0.3, 0.4) is 0 Å². The Bertz CT molecular complexity index is 1150. The van der Waals surface area contributed by atoms with Gasteiger partial charge in [0, 0.05) is 30.0 Å². The Morgan fingerprint density at radius 1 is 1.23 bits per heavy atom. The predicted molar refractivity (Wildman–Crippen MR) is 119 cm³/mol. The normalized spacial score (nSPS) is 17.8. The SMILES string of the molecule is CCOC(=O)c1sc(NC(=O)C2=CCC(O)(n3cccc3)C=C2)nc1-c1ccccc1. The number of carbonyl (C=O) groups excluding carboxylic acids is 2. The average molecular weight is 436 g/mol. The van der Waals surface area contributed by atoms with Gasteiger partial charge in [-0.2, -0.15) is 0 Å². The van der Waals surface area contributed by atoms with Crippen LogP contribution in [0.5, 0.6) is 0 Å². The summed E-state index contributed by atoms with van der Waals surface area (Å²) in [4.78, 5) is 30.0. The Morgan fingerprint density at radius 2 is 1.97 bits per heavy atom. The number of aliphatic hydroxyl groups is 1. The second-order valence-corrected chi connectivity index (χ2v) is 7.90. The number of carbonyl (C=O) groups is 2. The highest BCUT2D eigenvalue weighted by atomic mass is 32.1. The Hall–Kier alpha value is -3.49. The van der Waals surface area contributed by atoms with Crippen LogP contribution in [-0.2, 0) is 15.3 Å². The van der Waals surface area contributed by atoms with E-state index in [-0.39, 0.29) is 18.9 Å². The van der Waals surface area contributed by atoms with E-state index in [0.717, 1.165) is 16.9 Å². The summed E-state index contributed by atoms with van der Waals surface area (Å²) >= 11 is 1.07. The molecular weight excluding hydrogens is 414 g/mol. The fraction of sp³-hybridized carbons (Fsp3) is 0.174. The number of thiazole rings is 1. The molecule has 7 nitrogen and oxygen atoms in total. The third-order valence-electron chi connectivity index (χ3n) is 4.82. The fourth-order valence-corrected chi connectivity index (χ4v) is 4.12. The third kappa shape index (κ3) is 4.35. The molecule has 1 aliphatic rings. The van der Waals surface area contributed by atoms with Crippen molar-refractivity contribution >= 4 is 28.3 Å². The number of amides is 1. The fourth-order valence-electron chi connectivity index (χ4n) is 3.24. The Balaban J connectivity index is 1.54. The number of nitrogens with zero attached hydrogens (tertiary/aromatic N) is 2. The van der Waals surface area contributed by atoms with Gasteiger partial charge in [-0.05, 0) is 31.2 Å². The van der Waals surface area contributed by atoms with Crippen LogP contribution in [0.4, 0.5) is 5.13 Å². The zero-order valence-corrected chi connectivity index (χ0v) is 17.6. The van der Waals surface area contributed by atoms with E-state index in [9.17, 15) is 14.7 Å². The molecule has 0 fully saturated rings. The van der Waals surface area contributed by atoms with E-state index in [2.05, 4.69) is 10.3 Å². The molecule has 1 unspecified atom stereocenters. The molecule has 4 rings (SSSR count). The average Bonchev–Trinajstić information content (AvgIpc) is 3.46. The van der Waals surface area contributed by atoms with Gasteiger partial charge < -0.3 is 14.4 Å². The molecule has 0 spiro atoms. The molecule has 2 aromatic heterocycles. The van der Waals surface area contributed by atoms with Crippen LogP contribution in [0.2, 0.25) is 0 Å². The smallest absolute Gasteiger partial charge is 0.350 e. The molecule has 1 aromatic carbocycles. The molecule has 0 saturated carbocycles. The van der Waals surface area contributed by atoms with Gasteiger partial charge in [0.25, 0.3) is 5.91 Å². The lowest BCUT2D eigenvalue weighted by Crippen LogP contribution is -2.31. The predicted octanol–water partition coefficient (Wildman–Crippen LogP) is 3.96. The lowest BCUT2D eigenvalue weighted by molar-refractivity contribution is -0.112. The number of nitrogens with one attached hydrogen (secondary N) is 1. The quantitative estimate of drug-likeness (QED) is 0.572. The zero-order chi connectivity index (χ0) is 21.8. The van der Waals surface area contributed by atoms with E-state index in [0.29, 0.717) is 21.3 Å². The van der Waals surface area contributed by atoms with Crippen molar-refractivity contribution in [3.63, 3.8) is 0 Å². The van der Waals surface area contributed by atoms with Crippen molar-refractivity contribution in [2.75, 3.05) is 11.9 Å². The van der Waals surface area contributed by atoms with Gasteiger partial charge in [-0.25, -0.2) is 9.78 Å². The van der Waals surface area contributed by atoms with E-state index < -0.39 is 11.7 Å². The first-order chi connectivity index (χ1) is 15.0. The maximum absolute atomic E-state index is 12.7. The molecule has 1 aliphatic carbocycles. The van der Waals surface area contributed by atoms with Crippen LogP contribution >= 0.6 is 11.3 Å². The van der Waals surface area contributed by atoms with E-state index in [4.69, 9.17) is 4.74 Å². The second kappa shape index (κ2) is 8.71. The van der Waals surface area contributed by atoms with Crippen LogP contribution in [-0.4, -0.2) is 33.1 Å². The summed E-state index contributed by atoms with van der Waals surface area (Å²) in [5.41, 5.74) is 0.433. The van der Waals surface area contributed by atoms with Gasteiger partial charge in [0.1, 0.15) is 4.88 Å². The topological polar surface area (TPSA) is 93.5 Å². The number of ether oxygens (including phenoxy) is 1. The number of aromatic nitrogens is 2. The first-order valence-electron chi connectivity index (χ1n) is 9.80. The van der Waals surface area contributed by atoms with Crippen molar-refractivity contribution in [3.8, 4) is 11.3 Å². The Kier molecular flexibility index (Phi) is 5.83. The highest BCUT2D eigenvalue weighted by molar-refractivity contribution is 7.18. The molecule has 0 radical (unpaired) electrons. The van der Waals surface area contributed by atoms with Crippen LogP contribution in [0.15, 0.2) is 78.7 Å². The first kappa shape index (κ1) is 20.8. The lowest BCUT2D eigenvalue weighted by Gasteiger charge is -2.28. The largest absolute Gasteiger partial charge is 0.462 e. The highest BCUT2D eigenvalue weighted by Gasteiger charge is 2.28. The van der Waals surface area contributed by atoms with Crippen LogP contribution in [0, 0.1) is 0 Å². The van der Waals surface area contributed by atoms with E-state index in [1.165, 1.54) is 0 Å². The minimum Gasteiger partial charge on any atom is -0.462 e. The van der Waals surface area contributed by atoms with Crippen LogP contribution < -0.4 is 5.32 Å². The van der Waals surface area contributed by atoms with Crippen molar-refractivity contribution in [3.05, 3.63) is 83.5 Å². The van der Waals surface area contributed by atoms with Crippen molar-refractivity contribution in [1.82, 2.24) is 9.55 Å². The molecule has 2 N–H and O–H groups in total. The number of esters is 1. The zero-order valence-electron chi connectivity index (χ0n) is 16.8. The van der Waals surface area contributed by atoms with E-state index in [1.807, 2.05) is 42.5 Å². The summed E-state index contributed by atoms with van der Waals surface area (Å²) < 4.78 is 6.82. The third-order valence-corrected chi connectivity index (χ3v) is 5.77. The minimum atomic E-state index is -1.20. The molecular formula is C23H21N3O4S. The monoisotopic (exact) mass is 435 g/mol. The summed E-state index contributed by atoms with van der Waals surface area (Å²) in [7, 11) is 0. The molecule has 0 bridgehead atoms. The van der Waals surface area contributed by atoms with Gasteiger partial charge >= 0.3 is 5.97 Å². The summed E-state index contributed by atoms with van der Waals surface area (Å²) in [6.45, 7) is 1.98. The number of anilines is 1. The highest BCUT2D eigenvalue weighted by Crippen LogP contribution is 2.32. The minimum absolute atomic E-state index is 0.245. The number of benzene rings is 1. The molecule has 8 heteroatoms. The maximum atomic E-state index is 12.7. The molecule has 0 saturated heterocycles. The number of hydrogen-bond donors (Lipinski definition) is 2. The van der Waals surface area contributed by atoms with E-state index in [1.54, 1.807) is 42.1 Å². The number of rotatable bonds is 6. The Labute approximate surface area is 183 Å². The lowest BCUT2D eigenvalue weighted by atomic mass is 9.99. The Morgan fingerprint density at radius 3 is 2.61 bits per heavy atom. The van der Waals surface area contributed by atoms with Crippen LogP contribution in [0.25, 0.3) is 11.3 Å². The second-order valence-electron chi connectivity index (χ2n) is 6.90.